The zero-order chi connectivity index (χ0) is 8.77. The summed E-state index contributed by atoms with van der Waals surface area (Å²) < 4.78 is 1.17. The van der Waals surface area contributed by atoms with Gasteiger partial charge in [-0.25, -0.2) is 0 Å². The Morgan fingerprint density at radius 1 is 1.25 bits per heavy atom. The molecule has 0 radical (unpaired) electrons. The SMILES string of the molecule is CC1(C)C[C@@H]1c1ccc(Br)cc1. The molecule has 0 heterocycles. The van der Waals surface area contributed by atoms with Gasteiger partial charge in [-0.15, -0.1) is 0 Å². The third-order valence-corrected chi connectivity index (χ3v) is 3.31. The first-order valence-electron chi connectivity index (χ1n) is 4.35. The van der Waals surface area contributed by atoms with E-state index in [1.165, 1.54) is 16.5 Å². The fraction of sp³-hybridized carbons (Fsp3) is 0.455. The van der Waals surface area contributed by atoms with Crippen LogP contribution in [0.2, 0.25) is 0 Å². The molecule has 1 aromatic carbocycles. The van der Waals surface area contributed by atoms with Crippen molar-refractivity contribution in [2.45, 2.75) is 26.2 Å². The van der Waals surface area contributed by atoms with E-state index in [0.29, 0.717) is 5.41 Å². The van der Waals surface area contributed by atoms with Crippen LogP contribution in [0.4, 0.5) is 0 Å². The molecule has 64 valence electrons. The van der Waals surface area contributed by atoms with Crippen molar-refractivity contribution in [2.24, 2.45) is 5.41 Å². The van der Waals surface area contributed by atoms with Gasteiger partial charge in [-0.3, -0.25) is 0 Å². The molecule has 1 atom stereocenters. The van der Waals surface area contributed by atoms with Crippen LogP contribution in [0, 0.1) is 5.41 Å². The minimum atomic E-state index is 0.549. The lowest BCUT2D eigenvalue weighted by molar-refractivity contribution is 0.621. The molecule has 1 saturated carbocycles. The molecule has 2 rings (SSSR count). The van der Waals surface area contributed by atoms with Crippen LogP contribution < -0.4 is 0 Å². The van der Waals surface area contributed by atoms with Gasteiger partial charge in [0.1, 0.15) is 0 Å². The Morgan fingerprint density at radius 3 is 2.17 bits per heavy atom. The summed E-state index contributed by atoms with van der Waals surface area (Å²) >= 11 is 3.44. The smallest absolute Gasteiger partial charge is 0.0175 e. The molecular weight excluding hydrogens is 212 g/mol. The fourth-order valence-electron chi connectivity index (χ4n) is 1.73. The Bertz CT molecular complexity index is 284. The molecule has 0 aromatic heterocycles. The third kappa shape index (κ3) is 1.42. The van der Waals surface area contributed by atoms with Gasteiger partial charge in [0.15, 0.2) is 0 Å². The molecular formula is C11H13Br. The van der Waals surface area contributed by atoms with Crippen LogP contribution in [-0.2, 0) is 0 Å². The summed E-state index contributed by atoms with van der Waals surface area (Å²) in [6.45, 7) is 4.67. The van der Waals surface area contributed by atoms with Crippen molar-refractivity contribution in [1.82, 2.24) is 0 Å². The summed E-state index contributed by atoms with van der Waals surface area (Å²) in [5, 5.41) is 0. The molecule has 0 amide bonds. The molecule has 0 spiro atoms. The number of benzene rings is 1. The van der Waals surface area contributed by atoms with Gasteiger partial charge in [0.2, 0.25) is 0 Å². The standard InChI is InChI=1S/C11H13Br/c1-11(2)7-10(11)8-3-5-9(12)6-4-8/h3-6,10H,7H2,1-2H3/t10-/m1/s1. The predicted molar refractivity (Wildman–Crippen MR) is 55.3 cm³/mol. The maximum absolute atomic E-state index is 3.44. The summed E-state index contributed by atoms with van der Waals surface area (Å²) in [6, 6.07) is 8.71. The van der Waals surface area contributed by atoms with Crippen molar-refractivity contribution in [2.75, 3.05) is 0 Å². The lowest BCUT2D eigenvalue weighted by Gasteiger charge is -2.02. The molecule has 0 unspecified atom stereocenters. The minimum Gasteiger partial charge on any atom is -0.0593 e. The number of halogens is 1. The van der Waals surface area contributed by atoms with Crippen LogP contribution in [-0.4, -0.2) is 0 Å². The highest BCUT2D eigenvalue weighted by Crippen LogP contribution is 2.58. The second-order valence-corrected chi connectivity index (χ2v) is 5.21. The largest absolute Gasteiger partial charge is 0.0593 e. The average Bonchev–Trinajstić information content (AvgIpc) is 2.61. The van der Waals surface area contributed by atoms with Crippen molar-refractivity contribution in [3.8, 4) is 0 Å². The predicted octanol–water partition coefficient (Wildman–Crippen LogP) is 3.96. The first kappa shape index (κ1) is 8.31. The van der Waals surface area contributed by atoms with Gasteiger partial charge in [-0.05, 0) is 35.4 Å². The van der Waals surface area contributed by atoms with E-state index >= 15 is 0 Å². The van der Waals surface area contributed by atoms with Crippen LogP contribution in [0.5, 0.6) is 0 Å². The van der Waals surface area contributed by atoms with E-state index in [2.05, 4.69) is 54.0 Å². The van der Waals surface area contributed by atoms with Crippen molar-refractivity contribution in [1.29, 1.82) is 0 Å². The summed E-state index contributed by atoms with van der Waals surface area (Å²) in [5.41, 5.74) is 2.04. The second-order valence-electron chi connectivity index (χ2n) is 4.30. The number of hydrogen-bond donors (Lipinski definition) is 0. The minimum absolute atomic E-state index is 0.549. The Morgan fingerprint density at radius 2 is 1.75 bits per heavy atom. The molecule has 1 heteroatoms. The molecule has 1 fully saturated rings. The third-order valence-electron chi connectivity index (χ3n) is 2.79. The Hall–Kier alpha value is -0.300. The van der Waals surface area contributed by atoms with Gasteiger partial charge < -0.3 is 0 Å². The van der Waals surface area contributed by atoms with Gasteiger partial charge >= 0.3 is 0 Å². The van der Waals surface area contributed by atoms with Crippen molar-refractivity contribution >= 4 is 15.9 Å². The van der Waals surface area contributed by atoms with Crippen LogP contribution in [0.1, 0.15) is 31.7 Å². The summed E-state index contributed by atoms with van der Waals surface area (Å²) in [5.74, 6) is 0.797. The van der Waals surface area contributed by atoms with Crippen LogP contribution in [0.15, 0.2) is 28.7 Å². The Labute approximate surface area is 82.1 Å². The highest BCUT2D eigenvalue weighted by molar-refractivity contribution is 9.10. The lowest BCUT2D eigenvalue weighted by Crippen LogP contribution is -1.88. The molecule has 0 bridgehead atoms. The first-order chi connectivity index (χ1) is 5.59. The molecule has 0 nitrogen and oxygen atoms in total. The molecule has 1 aliphatic carbocycles. The average molecular weight is 225 g/mol. The topological polar surface area (TPSA) is 0 Å². The van der Waals surface area contributed by atoms with Gasteiger partial charge in [-0.2, -0.15) is 0 Å². The first-order valence-corrected chi connectivity index (χ1v) is 5.14. The fourth-order valence-corrected chi connectivity index (χ4v) is 2.00. The van der Waals surface area contributed by atoms with Crippen LogP contribution in [0.25, 0.3) is 0 Å². The van der Waals surface area contributed by atoms with Crippen LogP contribution >= 0.6 is 15.9 Å². The summed E-state index contributed by atoms with van der Waals surface area (Å²) in [6.07, 6.45) is 1.34. The maximum atomic E-state index is 3.44. The summed E-state index contributed by atoms with van der Waals surface area (Å²) in [7, 11) is 0. The van der Waals surface area contributed by atoms with E-state index in [-0.39, 0.29) is 0 Å². The number of hydrogen-bond acceptors (Lipinski definition) is 0. The van der Waals surface area contributed by atoms with Gasteiger partial charge in [0.25, 0.3) is 0 Å². The normalized spacial score (nSPS) is 25.4. The van der Waals surface area contributed by atoms with E-state index < -0.39 is 0 Å². The highest BCUT2D eigenvalue weighted by atomic mass is 79.9. The molecule has 1 aromatic rings. The lowest BCUT2D eigenvalue weighted by atomic mass is 10.0. The van der Waals surface area contributed by atoms with Crippen molar-refractivity contribution in [3.63, 3.8) is 0 Å². The van der Waals surface area contributed by atoms with E-state index in [4.69, 9.17) is 0 Å². The summed E-state index contributed by atoms with van der Waals surface area (Å²) in [4.78, 5) is 0. The van der Waals surface area contributed by atoms with E-state index in [1.54, 1.807) is 0 Å². The van der Waals surface area contributed by atoms with E-state index in [0.717, 1.165) is 5.92 Å². The van der Waals surface area contributed by atoms with Crippen LogP contribution in [0.3, 0.4) is 0 Å². The molecule has 0 N–H and O–H groups in total. The highest BCUT2D eigenvalue weighted by Gasteiger charge is 2.46. The Balaban J connectivity index is 2.21. The van der Waals surface area contributed by atoms with E-state index in [1.807, 2.05) is 0 Å². The van der Waals surface area contributed by atoms with Gasteiger partial charge in [0, 0.05) is 4.47 Å². The maximum Gasteiger partial charge on any atom is 0.0175 e. The quantitative estimate of drug-likeness (QED) is 0.678. The molecule has 1 aliphatic rings. The van der Waals surface area contributed by atoms with Crippen molar-refractivity contribution in [3.05, 3.63) is 34.3 Å². The van der Waals surface area contributed by atoms with Gasteiger partial charge in [-0.1, -0.05) is 41.9 Å². The molecule has 12 heavy (non-hydrogen) atoms. The zero-order valence-corrected chi connectivity index (χ0v) is 9.06. The zero-order valence-electron chi connectivity index (χ0n) is 7.47. The monoisotopic (exact) mass is 224 g/mol. The molecule has 0 aliphatic heterocycles. The molecule has 0 saturated heterocycles. The van der Waals surface area contributed by atoms with Crippen molar-refractivity contribution < 1.29 is 0 Å². The number of rotatable bonds is 1. The Kier molecular flexibility index (Phi) is 1.80. The second kappa shape index (κ2) is 2.59. The van der Waals surface area contributed by atoms with Gasteiger partial charge in [0.05, 0.1) is 0 Å². The van der Waals surface area contributed by atoms with E-state index in [9.17, 15) is 0 Å².